The average molecular weight is 452 g/mol. The van der Waals surface area contributed by atoms with Crippen molar-refractivity contribution in [3.05, 3.63) is 46.5 Å². The molecule has 0 saturated heterocycles. The van der Waals surface area contributed by atoms with Crippen molar-refractivity contribution in [2.75, 3.05) is 0 Å². The predicted molar refractivity (Wildman–Crippen MR) is 115 cm³/mol. The van der Waals surface area contributed by atoms with Crippen molar-refractivity contribution < 1.29 is 17.9 Å². The molecule has 0 amide bonds. The second-order valence-corrected chi connectivity index (χ2v) is 11.6. The zero-order valence-electron chi connectivity index (χ0n) is 17.8. The Kier molecular flexibility index (Phi) is 5.92. The van der Waals surface area contributed by atoms with E-state index in [4.69, 9.17) is 0 Å². The Labute approximate surface area is 180 Å². The molecule has 30 heavy (non-hydrogen) atoms. The third-order valence-electron chi connectivity index (χ3n) is 4.81. The molecule has 2 aromatic heterocycles. The van der Waals surface area contributed by atoms with Gasteiger partial charge >= 0.3 is 0 Å². The van der Waals surface area contributed by atoms with E-state index in [-0.39, 0.29) is 32.5 Å². The molecule has 0 unspecified atom stereocenters. The Balaban J connectivity index is 2.25. The fourth-order valence-corrected chi connectivity index (χ4v) is 5.89. The van der Waals surface area contributed by atoms with Crippen LogP contribution in [0.5, 0.6) is 0 Å². The fraction of sp³-hybridized carbons (Fsp3) is 0.429. The van der Waals surface area contributed by atoms with Crippen molar-refractivity contribution in [3.8, 4) is 11.3 Å². The summed E-state index contributed by atoms with van der Waals surface area (Å²) in [7, 11) is -3.95. The van der Waals surface area contributed by atoms with Gasteiger partial charge in [-0.05, 0) is 48.9 Å². The molecule has 0 aliphatic heterocycles. The summed E-state index contributed by atoms with van der Waals surface area (Å²) in [6, 6.07) is 2.88. The summed E-state index contributed by atoms with van der Waals surface area (Å²) < 4.78 is 41.1. The van der Waals surface area contributed by atoms with Gasteiger partial charge in [-0.15, -0.1) is 11.3 Å². The minimum atomic E-state index is -3.95. The molecule has 9 heteroatoms. The molecule has 2 heterocycles. The standard InChI is InChI=1S/C21H26FN3O3S2/c1-11(2)14-7-13(22)8-15(12(3)4)18(14)19-16(9-24-25-19)30(27,28)17-10-23-20(29-17)21(5,6)26/h7-12,26H,1-6H3,(H,24,25). The average Bonchev–Trinajstić information content (AvgIpc) is 3.30. The number of sulfone groups is 1. The number of hydrogen-bond donors (Lipinski definition) is 2. The van der Waals surface area contributed by atoms with E-state index in [0.717, 1.165) is 11.3 Å². The number of aromatic nitrogens is 3. The normalized spacial score (nSPS) is 12.9. The van der Waals surface area contributed by atoms with Gasteiger partial charge in [0.15, 0.2) is 0 Å². The van der Waals surface area contributed by atoms with E-state index in [9.17, 15) is 17.9 Å². The van der Waals surface area contributed by atoms with Crippen molar-refractivity contribution >= 4 is 21.2 Å². The van der Waals surface area contributed by atoms with E-state index in [2.05, 4.69) is 15.2 Å². The first kappa shape index (κ1) is 22.6. The highest BCUT2D eigenvalue weighted by Gasteiger charge is 2.31. The number of H-pyrrole nitrogens is 1. The predicted octanol–water partition coefficient (Wildman–Crippen LogP) is 4.98. The molecule has 3 aromatic rings. The molecule has 0 aliphatic carbocycles. The number of nitrogens with zero attached hydrogens (tertiary/aromatic N) is 2. The summed E-state index contributed by atoms with van der Waals surface area (Å²) in [5.74, 6) is -0.431. The largest absolute Gasteiger partial charge is 0.383 e. The van der Waals surface area contributed by atoms with E-state index < -0.39 is 15.4 Å². The van der Waals surface area contributed by atoms with Crippen LogP contribution in [0.2, 0.25) is 0 Å². The van der Waals surface area contributed by atoms with Crippen molar-refractivity contribution in [1.29, 1.82) is 0 Å². The Hall–Kier alpha value is -2.10. The molecule has 3 rings (SSSR count). The lowest BCUT2D eigenvalue weighted by molar-refractivity contribution is 0.0783. The minimum Gasteiger partial charge on any atom is -0.383 e. The quantitative estimate of drug-likeness (QED) is 0.551. The Morgan fingerprint density at radius 3 is 2.17 bits per heavy atom. The van der Waals surface area contributed by atoms with Gasteiger partial charge in [-0.3, -0.25) is 5.10 Å². The third-order valence-corrected chi connectivity index (χ3v) is 8.35. The number of benzene rings is 1. The summed E-state index contributed by atoms with van der Waals surface area (Å²) in [6.45, 7) is 10.8. The van der Waals surface area contributed by atoms with Crippen molar-refractivity contribution in [1.82, 2.24) is 15.2 Å². The summed E-state index contributed by atoms with van der Waals surface area (Å²) in [6.07, 6.45) is 2.59. The van der Waals surface area contributed by atoms with Crippen LogP contribution in [0.4, 0.5) is 4.39 Å². The van der Waals surface area contributed by atoms with Crippen molar-refractivity contribution in [3.63, 3.8) is 0 Å². The van der Waals surface area contributed by atoms with E-state index in [0.29, 0.717) is 21.7 Å². The van der Waals surface area contributed by atoms with Gasteiger partial charge in [0.25, 0.3) is 0 Å². The maximum Gasteiger partial charge on any atom is 0.221 e. The van der Waals surface area contributed by atoms with Crippen LogP contribution >= 0.6 is 11.3 Å². The number of halogens is 1. The summed E-state index contributed by atoms with van der Waals surface area (Å²) in [5.41, 5.74) is 1.05. The summed E-state index contributed by atoms with van der Waals surface area (Å²) in [4.78, 5) is 4.08. The molecule has 0 atom stereocenters. The minimum absolute atomic E-state index is 0.00357. The van der Waals surface area contributed by atoms with E-state index in [1.807, 2.05) is 27.7 Å². The lowest BCUT2D eigenvalue weighted by atomic mass is 9.87. The van der Waals surface area contributed by atoms with Crippen LogP contribution in [0.15, 0.2) is 33.6 Å². The zero-order chi connectivity index (χ0) is 22.4. The van der Waals surface area contributed by atoms with Crippen LogP contribution in [0.3, 0.4) is 0 Å². The van der Waals surface area contributed by atoms with Crippen LogP contribution in [-0.2, 0) is 15.4 Å². The first-order valence-electron chi connectivity index (χ1n) is 9.65. The molecule has 0 radical (unpaired) electrons. The maximum absolute atomic E-state index is 14.3. The summed E-state index contributed by atoms with van der Waals surface area (Å²) in [5, 5.41) is 17.4. The number of thiazole rings is 1. The monoisotopic (exact) mass is 451 g/mol. The molecule has 0 spiro atoms. The third kappa shape index (κ3) is 4.06. The molecular formula is C21H26FN3O3S2. The maximum atomic E-state index is 14.3. The number of aromatic amines is 1. The van der Waals surface area contributed by atoms with Crippen molar-refractivity contribution in [2.24, 2.45) is 0 Å². The SMILES string of the molecule is CC(C)c1cc(F)cc(C(C)C)c1-c1n[nH]cc1S(=O)(=O)c1cnc(C(C)(C)O)s1. The van der Waals surface area contributed by atoms with Crippen LogP contribution in [0, 0.1) is 5.82 Å². The molecule has 6 nitrogen and oxygen atoms in total. The number of aliphatic hydroxyl groups is 1. The molecule has 0 fully saturated rings. The van der Waals surface area contributed by atoms with Crippen LogP contribution < -0.4 is 0 Å². The Morgan fingerprint density at radius 2 is 1.70 bits per heavy atom. The highest BCUT2D eigenvalue weighted by Crippen LogP contribution is 2.41. The fourth-order valence-electron chi connectivity index (χ4n) is 3.27. The number of hydrogen-bond acceptors (Lipinski definition) is 6. The number of nitrogens with one attached hydrogen (secondary N) is 1. The first-order valence-corrected chi connectivity index (χ1v) is 11.9. The van der Waals surface area contributed by atoms with Crippen LogP contribution in [-0.4, -0.2) is 28.7 Å². The van der Waals surface area contributed by atoms with E-state index in [1.165, 1.54) is 24.5 Å². The van der Waals surface area contributed by atoms with Crippen LogP contribution in [0.1, 0.15) is 69.5 Å². The molecule has 1 aromatic carbocycles. The first-order chi connectivity index (χ1) is 13.8. The second kappa shape index (κ2) is 7.86. The highest BCUT2D eigenvalue weighted by atomic mass is 32.2. The zero-order valence-corrected chi connectivity index (χ0v) is 19.4. The lowest BCUT2D eigenvalue weighted by Gasteiger charge is -2.19. The molecule has 162 valence electrons. The smallest absolute Gasteiger partial charge is 0.221 e. The molecule has 0 aliphatic rings. The van der Waals surface area contributed by atoms with Gasteiger partial charge in [0.1, 0.15) is 31.2 Å². The van der Waals surface area contributed by atoms with Gasteiger partial charge in [-0.2, -0.15) is 5.10 Å². The van der Waals surface area contributed by atoms with Gasteiger partial charge in [0, 0.05) is 11.8 Å². The highest BCUT2D eigenvalue weighted by molar-refractivity contribution is 7.93. The number of rotatable bonds is 6. The topological polar surface area (TPSA) is 95.9 Å². The van der Waals surface area contributed by atoms with E-state index in [1.54, 1.807) is 13.8 Å². The van der Waals surface area contributed by atoms with Gasteiger partial charge in [0.2, 0.25) is 9.84 Å². The van der Waals surface area contributed by atoms with Crippen molar-refractivity contribution in [2.45, 2.75) is 68.1 Å². The molecule has 2 N–H and O–H groups in total. The van der Waals surface area contributed by atoms with Gasteiger partial charge in [-0.25, -0.2) is 17.8 Å². The summed E-state index contributed by atoms with van der Waals surface area (Å²) >= 11 is 0.922. The Bertz CT molecular complexity index is 1140. The van der Waals surface area contributed by atoms with E-state index >= 15 is 0 Å². The van der Waals surface area contributed by atoms with Crippen LogP contribution in [0.25, 0.3) is 11.3 Å². The molecule has 0 saturated carbocycles. The van der Waals surface area contributed by atoms with Gasteiger partial charge in [0.05, 0.1) is 6.20 Å². The van der Waals surface area contributed by atoms with Gasteiger partial charge < -0.3 is 5.11 Å². The molecule has 0 bridgehead atoms. The van der Waals surface area contributed by atoms with Gasteiger partial charge in [-0.1, -0.05) is 27.7 Å². The second-order valence-electron chi connectivity index (χ2n) is 8.41. The Morgan fingerprint density at radius 1 is 1.13 bits per heavy atom. The lowest BCUT2D eigenvalue weighted by Crippen LogP contribution is -2.14. The molecular weight excluding hydrogens is 425 g/mol.